The fourth-order valence-corrected chi connectivity index (χ4v) is 0.908. The molecule has 2 rings (SSSR count). The smallest absolute Gasteiger partial charge is 0.533 e. The van der Waals surface area contributed by atoms with Gasteiger partial charge in [0.2, 0.25) is 0 Å². The summed E-state index contributed by atoms with van der Waals surface area (Å²) in [7, 11) is 0. The molecule has 0 bridgehead atoms. The van der Waals surface area contributed by atoms with Crippen LogP contribution in [0.1, 0.15) is 10.4 Å². The molecule has 4 heteroatoms. The minimum absolute atomic E-state index is 0. The topological polar surface area (TPSA) is 57.5 Å². The molecule has 0 radical (unpaired) electrons. The molecule has 0 aliphatic heterocycles. The summed E-state index contributed by atoms with van der Waals surface area (Å²) in [5.41, 5.74) is 0.300. The van der Waals surface area contributed by atoms with Crippen LogP contribution in [0.25, 0.3) is 0 Å². The number of hydrogen-bond acceptors (Lipinski definition) is 2. The van der Waals surface area contributed by atoms with E-state index in [1.807, 2.05) is 0 Å². The zero-order valence-corrected chi connectivity index (χ0v) is 11.8. The van der Waals surface area contributed by atoms with Gasteiger partial charge in [0.1, 0.15) is 0 Å². The number of benzene rings is 2. The SMILES string of the molecule is O=C(O)c1cc[c-]cc1.Oc1cc[c-]cc1.[Y+3]. The molecule has 82 valence electrons. The zero-order valence-electron chi connectivity index (χ0n) is 9.00. The molecule has 0 aliphatic carbocycles. The second-order valence-corrected chi connectivity index (χ2v) is 2.85. The van der Waals surface area contributed by atoms with E-state index in [2.05, 4.69) is 12.1 Å². The van der Waals surface area contributed by atoms with E-state index in [0.717, 1.165) is 0 Å². The van der Waals surface area contributed by atoms with Gasteiger partial charge >= 0.3 is 38.7 Å². The third kappa shape index (κ3) is 6.87. The van der Waals surface area contributed by atoms with Gasteiger partial charge in [0.25, 0.3) is 0 Å². The van der Waals surface area contributed by atoms with Crippen LogP contribution in [0.2, 0.25) is 0 Å². The van der Waals surface area contributed by atoms with E-state index in [-0.39, 0.29) is 32.7 Å². The van der Waals surface area contributed by atoms with Gasteiger partial charge in [-0.2, -0.15) is 48.5 Å². The molecule has 17 heavy (non-hydrogen) atoms. The van der Waals surface area contributed by atoms with Crippen LogP contribution < -0.4 is 0 Å². The maximum atomic E-state index is 10.2. The molecule has 0 atom stereocenters. The molecule has 0 fully saturated rings. The quantitative estimate of drug-likeness (QED) is 0.795. The van der Waals surface area contributed by atoms with Gasteiger partial charge < -0.3 is 10.2 Å². The number of rotatable bonds is 1. The first kappa shape index (κ1) is 15.8. The van der Waals surface area contributed by atoms with E-state index >= 15 is 0 Å². The summed E-state index contributed by atoms with van der Waals surface area (Å²) >= 11 is 0. The van der Waals surface area contributed by atoms with Crippen molar-refractivity contribution >= 4 is 5.97 Å². The summed E-state index contributed by atoms with van der Waals surface area (Å²) < 4.78 is 0. The van der Waals surface area contributed by atoms with Crippen molar-refractivity contribution in [2.75, 3.05) is 0 Å². The third-order valence-electron chi connectivity index (χ3n) is 1.67. The van der Waals surface area contributed by atoms with Crippen molar-refractivity contribution < 1.29 is 47.7 Å². The van der Waals surface area contributed by atoms with Crippen molar-refractivity contribution in [1.82, 2.24) is 0 Å². The minimum Gasteiger partial charge on any atom is -0.533 e. The van der Waals surface area contributed by atoms with Gasteiger partial charge in [0, 0.05) is 5.75 Å². The van der Waals surface area contributed by atoms with Crippen LogP contribution in [0.4, 0.5) is 0 Å². The zero-order chi connectivity index (χ0) is 11.8. The number of hydrogen-bond donors (Lipinski definition) is 2. The van der Waals surface area contributed by atoms with Gasteiger partial charge in [-0.05, 0) is 5.56 Å². The monoisotopic (exact) mass is 303 g/mol. The summed E-state index contributed by atoms with van der Waals surface area (Å²) in [6, 6.07) is 18.1. The average molecular weight is 303 g/mol. The summed E-state index contributed by atoms with van der Waals surface area (Å²) in [6.07, 6.45) is 0. The number of carboxylic acid groups (broad SMARTS) is 1. The molecule has 3 nitrogen and oxygen atoms in total. The largest absolute Gasteiger partial charge is 3.00 e. The standard InChI is InChI=1S/C7H5O2.C6H5O.Y/c8-7(9)6-4-2-1-3-5-6;7-6-4-2-1-3-5-6;/h2-5H,(H,8,9);2-5,7H;/q2*-1;+3. The molecular weight excluding hydrogens is 293 g/mol. The van der Waals surface area contributed by atoms with Gasteiger partial charge in [-0.3, -0.25) is 0 Å². The Kier molecular flexibility index (Phi) is 8.29. The van der Waals surface area contributed by atoms with Crippen LogP contribution in [-0.4, -0.2) is 16.2 Å². The molecule has 2 N–H and O–H groups in total. The van der Waals surface area contributed by atoms with Crippen LogP contribution >= 0.6 is 0 Å². The molecule has 0 saturated carbocycles. The molecule has 0 saturated heterocycles. The van der Waals surface area contributed by atoms with Crippen LogP contribution in [0.15, 0.2) is 48.5 Å². The van der Waals surface area contributed by atoms with E-state index in [9.17, 15) is 4.79 Å². The van der Waals surface area contributed by atoms with Crippen LogP contribution in [0.3, 0.4) is 0 Å². The number of aromatic hydroxyl groups is 1. The number of carboxylic acids is 1. The van der Waals surface area contributed by atoms with Crippen molar-refractivity contribution in [3.63, 3.8) is 0 Å². The Balaban J connectivity index is 0.000000292. The van der Waals surface area contributed by atoms with Crippen molar-refractivity contribution in [3.8, 4) is 5.75 Å². The second kappa shape index (κ2) is 8.91. The minimum atomic E-state index is -0.899. The van der Waals surface area contributed by atoms with Crippen LogP contribution in [-0.2, 0) is 32.7 Å². The summed E-state index contributed by atoms with van der Waals surface area (Å²) in [4.78, 5) is 10.2. The van der Waals surface area contributed by atoms with Crippen molar-refractivity contribution in [2.45, 2.75) is 0 Å². The van der Waals surface area contributed by atoms with Gasteiger partial charge in [-0.1, -0.05) is 0 Å². The van der Waals surface area contributed by atoms with Gasteiger partial charge in [-0.15, -0.1) is 12.1 Å². The van der Waals surface area contributed by atoms with E-state index in [1.165, 1.54) is 12.1 Å². The Bertz CT molecular complexity index is 429. The maximum Gasteiger partial charge on any atom is 3.00 e. The summed E-state index contributed by atoms with van der Waals surface area (Å²) in [6.45, 7) is 0. The maximum absolute atomic E-state index is 10.2. The third-order valence-corrected chi connectivity index (χ3v) is 1.67. The molecule has 0 unspecified atom stereocenters. The Labute approximate surface area is 125 Å². The Morgan fingerprint density at radius 1 is 0.941 bits per heavy atom. The number of phenolic OH excluding ortho intramolecular Hbond substituents is 1. The predicted octanol–water partition coefficient (Wildman–Crippen LogP) is 2.37. The van der Waals surface area contributed by atoms with E-state index in [0.29, 0.717) is 11.3 Å². The van der Waals surface area contributed by atoms with E-state index in [4.69, 9.17) is 10.2 Å². The number of aromatic carboxylic acids is 1. The number of phenols is 1. The first-order chi connectivity index (χ1) is 7.70. The molecule has 0 spiro atoms. The number of carbonyl (C=O) groups is 1. The Hall–Kier alpha value is -1.19. The molecule has 2 aromatic carbocycles. The fourth-order valence-electron chi connectivity index (χ4n) is 0.908. The molecule has 0 amide bonds. The fraction of sp³-hybridized carbons (Fsp3) is 0. The summed E-state index contributed by atoms with van der Waals surface area (Å²) in [5, 5.41) is 17.0. The first-order valence-corrected chi connectivity index (χ1v) is 4.54. The van der Waals surface area contributed by atoms with Gasteiger partial charge in [-0.25, -0.2) is 4.79 Å². The van der Waals surface area contributed by atoms with Gasteiger partial charge in [0.05, 0.1) is 0 Å². The molecule has 0 aliphatic rings. The van der Waals surface area contributed by atoms with Crippen molar-refractivity contribution in [3.05, 3.63) is 66.2 Å². The van der Waals surface area contributed by atoms with Crippen molar-refractivity contribution in [2.24, 2.45) is 0 Å². The van der Waals surface area contributed by atoms with E-state index in [1.54, 1.807) is 36.4 Å². The molecule has 0 heterocycles. The average Bonchev–Trinajstić information content (AvgIpc) is 2.32. The molecule has 0 aromatic heterocycles. The van der Waals surface area contributed by atoms with Crippen molar-refractivity contribution in [1.29, 1.82) is 0 Å². The predicted molar refractivity (Wildman–Crippen MR) is 59.2 cm³/mol. The Morgan fingerprint density at radius 2 is 1.35 bits per heavy atom. The second-order valence-electron chi connectivity index (χ2n) is 2.85. The molecule has 2 aromatic rings. The van der Waals surface area contributed by atoms with Gasteiger partial charge in [0.15, 0.2) is 0 Å². The normalized spacial score (nSPS) is 8.24. The molecular formula is C13H10O3Y+. The summed E-state index contributed by atoms with van der Waals surface area (Å²) in [5.74, 6) is -0.609. The Morgan fingerprint density at radius 3 is 1.59 bits per heavy atom. The van der Waals surface area contributed by atoms with Crippen LogP contribution in [0.5, 0.6) is 5.75 Å². The first-order valence-electron chi connectivity index (χ1n) is 4.54. The van der Waals surface area contributed by atoms with E-state index < -0.39 is 5.97 Å². The van der Waals surface area contributed by atoms with Crippen LogP contribution in [0, 0.1) is 12.1 Å².